The number of rotatable bonds is 5. The smallest absolute Gasteiger partial charge is 0.160 e. The highest BCUT2D eigenvalue weighted by Gasteiger charge is 2.19. The van der Waals surface area contributed by atoms with Crippen molar-refractivity contribution in [1.29, 1.82) is 0 Å². The molecule has 0 aliphatic carbocycles. The fourth-order valence-electron chi connectivity index (χ4n) is 3.32. The maximum absolute atomic E-state index is 9.60. The van der Waals surface area contributed by atoms with Crippen LogP contribution in [0.1, 0.15) is 18.2 Å². The van der Waals surface area contributed by atoms with E-state index < -0.39 is 0 Å². The first kappa shape index (κ1) is 19.7. The molecular weight excluding hydrogens is 390 g/mol. The van der Waals surface area contributed by atoms with Crippen molar-refractivity contribution in [2.75, 3.05) is 4.90 Å². The van der Waals surface area contributed by atoms with Gasteiger partial charge in [-0.15, -0.1) is 0 Å². The Morgan fingerprint density at radius 1 is 0.900 bits per heavy atom. The van der Waals surface area contributed by atoms with E-state index in [-0.39, 0.29) is 5.75 Å². The van der Waals surface area contributed by atoms with E-state index >= 15 is 0 Å². The summed E-state index contributed by atoms with van der Waals surface area (Å²) in [5, 5.41) is 9.60. The largest absolute Gasteiger partial charge is 0.508 e. The molecule has 0 atom stereocenters. The number of nitrogens with zero attached hydrogens (tertiary/aromatic N) is 3. The molecule has 1 heterocycles. The van der Waals surface area contributed by atoms with Crippen molar-refractivity contribution in [3.63, 3.8) is 0 Å². The second-order valence-electron chi connectivity index (χ2n) is 6.92. The molecule has 0 fully saturated rings. The number of hydrogen-bond donors (Lipinski definition) is 1. The van der Waals surface area contributed by atoms with E-state index in [2.05, 4.69) is 12.1 Å². The molecule has 1 aromatic heterocycles. The lowest BCUT2D eigenvalue weighted by Crippen LogP contribution is -2.24. The fourth-order valence-corrected chi connectivity index (χ4v) is 3.51. The third kappa shape index (κ3) is 4.36. The lowest BCUT2D eigenvalue weighted by Gasteiger charge is -2.25. The van der Waals surface area contributed by atoms with Crippen molar-refractivity contribution in [1.82, 2.24) is 9.97 Å². The third-order valence-corrected chi connectivity index (χ3v) is 4.92. The molecule has 148 valence electrons. The van der Waals surface area contributed by atoms with E-state index in [0.29, 0.717) is 11.4 Å². The summed E-state index contributed by atoms with van der Waals surface area (Å²) in [5.74, 6) is 0.944. The number of thiocarbonyl (C=S) groups is 1. The molecule has 0 saturated carbocycles. The monoisotopic (exact) mass is 411 g/mol. The number of aromatic hydroxyl groups is 1. The van der Waals surface area contributed by atoms with Crippen LogP contribution in [-0.4, -0.2) is 20.1 Å². The van der Waals surface area contributed by atoms with Crippen LogP contribution in [0.5, 0.6) is 5.75 Å². The first-order valence-corrected chi connectivity index (χ1v) is 10.1. The quantitative estimate of drug-likeness (QED) is 0.413. The second-order valence-corrected chi connectivity index (χ2v) is 7.52. The van der Waals surface area contributed by atoms with Crippen molar-refractivity contribution in [2.45, 2.75) is 13.3 Å². The predicted molar refractivity (Wildman–Crippen MR) is 125 cm³/mol. The Bertz CT molecular complexity index is 1150. The van der Waals surface area contributed by atoms with Crippen LogP contribution in [0, 0.1) is 0 Å². The minimum atomic E-state index is 0.222. The first-order chi connectivity index (χ1) is 14.6. The Morgan fingerprint density at radius 2 is 1.53 bits per heavy atom. The zero-order valence-corrected chi connectivity index (χ0v) is 17.4. The van der Waals surface area contributed by atoms with Crippen LogP contribution in [-0.2, 0) is 6.42 Å². The molecular formula is C25H21N3OS. The Morgan fingerprint density at radius 3 is 2.17 bits per heavy atom. The van der Waals surface area contributed by atoms with Gasteiger partial charge in [0.1, 0.15) is 5.75 Å². The van der Waals surface area contributed by atoms with Gasteiger partial charge in [0.15, 0.2) is 5.82 Å². The molecule has 0 bridgehead atoms. The molecule has 0 spiro atoms. The summed E-state index contributed by atoms with van der Waals surface area (Å²) in [4.78, 5) is 12.4. The number of phenols is 1. The molecule has 4 aromatic rings. The normalized spacial score (nSPS) is 10.6. The van der Waals surface area contributed by atoms with Crippen molar-refractivity contribution < 1.29 is 5.11 Å². The van der Waals surface area contributed by atoms with Gasteiger partial charge < -0.3 is 5.11 Å². The molecule has 4 nitrogen and oxygen atoms in total. The average molecular weight is 412 g/mol. The van der Waals surface area contributed by atoms with Crippen LogP contribution in [0.2, 0.25) is 0 Å². The molecule has 5 heteroatoms. The fraction of sp³-hybridized carbons (Fsp3) is 0.0800. The lowest BCUT2D eigenvalue weighted by molar-refractivity contribution is 0.475. The SMILES string of the molecule is CC(=S)N(c1ccccc1)c1ncc(-c2ccc(O)cc2)nc1Cc1ccccc1. The van der Waals surface area contributed by atoms with Crippen molar-refractivity contribution in [2.24, 2.45) is 0 Å². The summed E-state index contributed by atoms with van der Waals surface area (Å²) >= 11 is 5.58. The molecule has 0 amide bonds. The minimum Gasteiger partial charge on any atom is -0.508 e. The highest BCUT2D eigenvalue weighted by atomic mass is 32.1. The Labute approximate surface area is 181 Å². The number of hydrogen-bond acceptors (Lipinski definition) is 4. The molecule has 0 aliphatic rings. The maximum Gasteiger partial charge on any atom is 0.160 e. The predicted octanol–water partition coefficient (Wildman–Crippen LogP) is 5.93. The molecule has 1 N–H and O–H groups in total. The standard InChI is InChI=1S/C25H21N3OS/c1-18(30)28(21-10-6-3-7-11-21)25-23(16-19-8-4-2-5-9-19)27-24(17-26-25)20-12-14-22(29)15-13-20/h2-15,17,29H,16H2,1H3. The van der Waals surface area contributed by atoms with Gasteiger partial charge in [-0.3, -0.25) is 4.90 Å². The molecule has 4 rings (SSSR count). The molecule has 0 unspecified atom stereocenters. The summed E-state index contributed by atoms with van der Waals surface area (Å²) in [6.07, 6.45) is 2.38. The Balaban J connectivity index is 1.84. The van der Waals surface area contributed by atoms with Crippen LogP contribution in [0.4, 0.5) is 11.5 Å². The van der Waals surface area contributed by atoms with Crippen LogP contribution >= 0.6 is 12.2 Å². The van der Waals surface area contributed by atoms with E-state index in [4.69, 9.17) is 22.2 Å². The van der Waals surface area contributed by atoms with Gasteiger partial charge in [0, 0.05) is 17.7 Å². The molecule has 3 aromatic carbocycles. The van der Waals surface area contributed by atoms with Crippen LogP contribution in [0.25, 0.3) is 11.3 Å². The van der Waals surface area contributed by atoms with E-state index in [1.807, 2.05) is 72.5 Å². The number of benzene rings is 3. The molecule has 30 heavy (non-hydrogen) atoms. The van der Waals surface area contributed by atoms with E-state index in [0.717, 1.165) is 34.0 Å². The van der Waals surface area contributed by atoms with Crippen LogP contribution in [0.3, 0.4) is 0 Å². The van der Waals surface area contributed by atoms with Crippen molar-refractivity contribution in [3.8, 4) is 17.0 Å². The van der Waals surface area contributed by atoms with Gasteiger partial charge in [0.2, 0.25) is 0 Å². The van der Waals surface area contributed by atoms with Crippen molar-refractivity contribution >= 4 is 28.7 Å². The Kier molecular flexibility index (Phi) is 5.82. The van der Waals surface area contributed by atoms with Crippen LogP contribution in [0.15, 0.2) is 91.1 Å². The van der Waals surface area contributed by atoms with Crippen molar-refractivity contribution in [3.05, 3.63) is 102 Å². The molecule has 0 aliphatic heterocycles. The number of anilines is 2. The van der Waals surface area contributed by atoms with Gasteiger partial charge >= 0.3 is 0 Å². The van der Waals surface area contributed by atoms with Gasteiger partial charge in [-0.05, 0) is 48.9 Å². The van der Waals surface area contributed by atoms with Gasteiger partial charge in [0.05, 0.1) is 22.6 Å². The zero-order chi connectivity index (χ0) is 20.9. The van der Waals surface area contributed by atoms with Crippen LogP contribution < -0.4 is 4.90 Å². The zero-order valence-electron chi connectivity index (χ0n) is 16.6. The topological polar surface area (TPSA) is 49.2 Å². The van der Waals surface area contributed by atoms with Gasteiger partial charge in [-0.2, -0.15) is 0 Å². The van der Waals surface area contributed by atoms with E-state index in [1.165, 1.54) is 0 Å². The number of para-hydroxylation sites is 1. The minimum absolute atomic E-state index is 0.222. The summed E-state index contributed by atoms with van der Waals surface area (Å²) in [6, 6.07) is 27.1. The summed E-state index contributed by atoms with van der Waals surface area (Å²) < 4.78 is 0. The Hall–Kier alpha value is -3.57. The highest BCUT2D eigenvalue weighted by molar-refractivity contribution is 7.80. The summed E-state index contributed by atoms with van der Waals surface area (Å²) in [7, 11) is 0. The van der Waals surface area contributed by atoms with Gasteiger partial charge in [-0.25, -0.2) is 9.97 Å². The van der Waals surface area contributed by atoms with E-state index in [9.17, 15) is 5.11 Å². The number of phenolic OH excluding ortho intramolecular Hbond substituents is 1. The van der Waals surface area contributed by atoms with Gasteiger partial charge in [0.25, 0.3) is 0 Å². The highest BCUT2D eigenvalue weighted by Crippen LogP contribution is 2.30. The second kappa shape index (κ2) is 8.84. The maximum atomic E-state index is 9.60. The summed E-state index contributed by atoms with van der Waals surface area (Å²) in [6.45, 7) is 1.89. The first-order valence-electron chi connectivity index (χ1n) is 9.67. The molecule has 0 saturated heterocycles. The number of aromatic nitrogens is 2. The average Bonchev–Trinajstić information content (AvgIpc) is 2.77. The summed E-state index contributed by atoms with van der Waals surface area (Å²) in [5.41, 5.74) is 4.57. The van der Waals surface area contributed by atoms with Gasteiger partial charge in [-0.1, -0.05) is 60.7 Å². The van der Waals surface area contributed by atoms with E-state index in [1.54, 1.807) is 18.3 Å². The molecule has 0 radical (unpaired) electrons. The lowest BCUT2D eigenvalue weighted by atomic mass is 10.1. The third-order valence-electron chi connectivity index (χ3n) is 4.74.